The molecule has 0 unspecified atom stereocenters. The number of carbonyl (C=O) groups excluding carboxylic acids is 2. The van der Waals surface area contributed by atoms with Gasteiger partial charge in [-0.2, -0.15) is 0 Å². The van der Waals surface area contributed by atoms with Gasteiger partial charge in [-0.3, -0.25) is 4.79 Å². The van der Waals surface area contributed by atoms with E-state index in [4.69, 9.17) is 9.47 Å². The van der Waals surface area contributed by atoms with Gasteiger partial charge in [0.05, 0.1) is 0 Å². The Hall–Kier alpha value is -2.34. The fourth-order valence-electron chi connectivity index (χ4n) is 1.70. The van der Waals surface area contributed by atoms with Gasteiger partial charge in [-0.15, -0.1) is 0 Å². The van der Waals surface area contributed by atoms with Crippen molar-refractivity contribution in [3.05, 3.63) is 53.0 Å². The molecule has 1 amide bonds. The van der Waals surface area contributed by atoms with Crippen LogP contribution < -0.4 is 14.8 Å². The van der Waals surface area contributed by atoms with Gasteiger partial charge in [-0.05, 0) is 30.3 Å². The lowest BCUT2D eigenvalue weighted by molar-refractivity contribution is -0.136. The highest BCUT2D eigenvalue weighted by Gasteiger charge is 2.07. The number of rotatable bonds is 5. The highest BCUT2D eigenvalue weighted by molar-refractivity contribution is 9.10. The Bertz CT molecular complexity index is 687. The van der Waals surface area contributed by atoms with Crippen LogP contribution in [-0.4, -0.2) is 18.5 Å². The molecule has 2 rings (SSSR count). The molecule has 0 aliphatic carbocycles. The lowest BCUT2D eigenvalue weighted by atomic mass is 10.3. The first-order chi connectivity index (χ1) is 10.5. The third-order valence-electron chi connectivity index (χ3n) is 2.54. The standard InChI is InChI=1S/C16H14BrNO4/c1-11(19)18-13-5-3-7-15(9-13)22-16(20)10-21-14-6-2-4-12(17)8-14/h2-9H,10H2,1H3,(H,18,19). The molecule has 0 saturated carbocycles. The Morgan fingerprint density at radius 2 is 1.82 bits per heavy atom. The van der Waals surface area contributed by atoms with E-state index in [2.05, 4.69) is 21.2 Å². The van der Waals surface area contributed by atoms with Crippen molar-refractivity contribution in [2.45, 2.75) is 6.92 Å². The zero-order chi connectivity index (χ0) is 15.9. The van der Waals surface area contributed by atoms with Crippen molar-refractivity contribution in [2.75, 3.05) is 11.9 Å². The molecule has 5 nitrogen and oxygen atoms in total. The molecule has 0 saturated heterocycles. The molecule has 2 aromatic carbocycles. The molecular weight excluding hydrogens is 350 g/mol. The molecule has 1 N–H and O–H groups in total. The first kappa shape index (κ1) is 16.0. The van der Waals surface area contributed by atoms with Gasteiger partial charge in [0, 0.05) is 23.2 Å². The summed E-state index contributed by atoms with van der Waals surface area (Å²) >= 11 is 3.32. The summed E-state index contributed by atoms with van der Waals surface area (Å²) in [5.74, 6) is 0.189. The molecule has 0 bridgehead atoms. The number of amides is 1. The third-order valence-corrected chi connectivity index (χ3v) is 3.03. The van der Waals surface area contributed by atoms with Gasteiger partial charge in [-0.1, -0.05) is 28.1 Å². The summed E-state index contributed by atoms with van der Waals surface area (Å²) < 4.78 is 11.4. The van der Waals surface area contributed by atoms with Crippen LogP contribution in [0.2, 0.25) is 0 Å². The van der Waals surface area contributed by atoms with E-state index in [-0.39, 0.29) is 12.5 Å². The number of ether oxygens (including phenoxy) is 2. The molecule has 0 aromatic heterocycles. The maximum atomic E-state index is 11.8. The average Bonchev–Trinajstić information content (AvgIpc) is 2.45. The smallest absolute Gasteiger partial charge is 0.349 e. The first-order valence-corrected chi connectivity index (χ1v) is 7.29. The summed E-state index contributed by atoms with van der Waals surface area (Å²) in [6.45, 7) is 1.20. The van der Waals surface area contributed by atoms with Crippen molar-refractivity contribution < 1.29 is 19.1 Å². The van der Waals surface area contributed by atoms with Crippen molar-refractivity contribution in [2.24, 2.45) is 0 Å². The Kier molecular flexibility index (Phi) is 5.55. The zero-order valence-corrected chi connectivity index (χ0v) is 13.4. The number of hydrogen-bond acceptors (Lipinski definition) is 4. The number of hydrogen-bond donors (Lipinski definition) is 1. The minimum absolute atomic E-state index is 0.193. The average molecular weight is 364 g/mol. The highest BCUT2D eigenvalue weighted by atomic mass is 79.9. The fourth-order valence-corrected chi connectivity index (χ4v) is 2.08. The summed E-state index contributed by atoms with van der Waals surface area (Å²) in [4.78, 5) is 22.7. The van der Waals surface area contributed by atoms with Gasteiger partial charge in [0.1, 0.15) is 11.5 Å². The fraction of sp³-hybridized carbons (Fsp3) is 0.125. The van der Waals surface area contributed by atoms with Crippen LogP contribution in [-0.2, 0) is 9.59 Å². The summed E-state index contributed by atoms with van der Waals surface area (Å²) in [7, 11) is 0. The van der Waals surface area contributed by atoms with Crippen LogP contribution in [0, 0.1) is 0 Å². The van der Waals surface area contributed by atoms with E-state index in [1.165, 1.54) is 6.92 Å². The Labute approximate surface area is 136 Å². The van der Waals surface area contributed by atoms with Gasteiger partial charge in [-0.25, -0.2) is 4.79 Å². The maximum Gasteiger partial charge on any atom is 0.349 e. The van der Waals surface area contributed by atoms with Crippen LogP contribution in [0.4, 0.5) is 5.69 Å². The van der Waals surface area contributed by atoms with E-state index in [9.17, 15) is 9.59 Å². The molecule has 0 aliphatic rings. The van der Waals surface area contributed by atoms with Crippen LogP contribution in [0.1, 0.15) is 6.92 Å². The van der Waals surface area contributed by atoms with Crippen LogP contribution in [0.25, 0.3) is 0 Å². The molecular formula is C16H14BrNO4. The van der Waals surface area contributed by atoms with Crippen LogP contribution >= 0.6 is 15.9 Å². The lowest BCUT2D eigenvalue weighted by Crippen LogP contribution is -2.17. The van der Waals surface area contributed by atoms with E-state index in [1.807, 2.05) is 12.1 Å². The molecule has 6 heteroatoms. The lowest BCUT2D eigenvalue weighted by Gasteiger charge is -2.08. The van der Waals surface area contributed by atoms with Crippen molar-refractivity contribution >= 4 is 33.5 Å². The predicted molar refractivity (Wildman–Crippen MR) is 86.0 cm³/mol. The number of carbonyl (C=O) groups is 2. The number of benzene rings is 2. The van der Waals surface area contributed by atoms with Gasteiger partial charge in [0.2, 0.25) is 5.91 Å². The molecule has 0 heterocycles. The summed E-state index contributed by atoms with van der Waals surface area (Å²) in [5, 5.41) is 2.62. The molecule has 22 heavy (non-hydrogen) atoms. The molecule has 2 aromatic rings. The minimum Gasteiger partial charge on any atom is -0.482 e. The number of halogens is 1. The summed E-state index contributed by atoms with van der Waals surface area (Å²) in [6, 6.07) is 13.8. The molecule has 0 atom stereocenters. The number of anilines is 1. The normalized spacial score (nSPS) is 9.91. The first-order valence-electron chi connectivity index (χ1n) is 6.49. The van der Waals surface area contributed by atoms with Crippen LogP contribution in [0.15, 0.2) is 53.0 Å². The third kappa shape index (κ3) is 5.21. The van der Waals surface area contributed by atoms with Crippen LogP contribution in [0.3, 0.4) is 0 Å². The Balaban J connectivity index is 1.90. The molecule has 0 spiro atoms. The SMILES string of the molecule is CC(=O)Nc1cccc(OC(=O)COc2cccc(Br)c2)c1. The number of nitrogens with one attached hydrogen (secondary N) is 1. The van der Waals surface area contributed by atoms with Crippen LogP contribution in [0.5, 0.6) is 11.5 Å². The second-order valence-electron chi connectivity index (χ2n) is 4.43. The zero-order valence-electron chi connectivity index (χ0n) is 11.8. The summed E-state index contributed by atoms with van der Waals surface area (Å²) in [5.41, 5.74) is 0.561. The van der Waals surface area contributed by atoms with Gasteiger partial charge >= 0.3 is 5.97 Å². The molecule has 114 valence electrons. The van der Waals surface area contributed by atoms with Gasteiger partial charge < -0.3 is 14.8 Å². The maximum absolute atomic E-state index is 11.8. The van der Waals surface area contributed by atoms with E-state index < -0.39 is 5.97 Å². The Morgan fingerprint density at radius 1 is 1.09 bits per heavy atom. The van der Waals surface area contributed by atoms with Crippen molar-refractivity contribution in [3.8, 4) is 11.5 Å². The van der Waals surface area contributed by atoms with E-state index in [1.54, 1.807) is 36.4 Å². The van der Waals surface area contributed by atoms with Crippen molar-refractivity contribution in [3.63, 3.8) is 0 Å². The topological polar surface area (TPSA) is 64.6 Å². The molecule has 0 fully saturated rings. The Morgan fingerprint density at radius 3 is 2.55 bits per heavy atom. The van der Waals surface area contributed by atoms with Crippen molar-refractivity contribution in [1.29, 1.82) is 0 Å². The van der Waals surface area contributed by atoms with E-state index >= 15 is 0 Å². The molecule has 0 aliphatic heterocycles. The predicted octanol–water partition coefficient (Wildman–Crippen LogP) is 3.39. The quantitative estimate of drug-likeness (QED) is 0.653. The van der Waals surface area contributed by atoms with E-state index in [0.29, 0.717) is 17.2 Å². The second kappa shape index (κ2) is 7.61. The second-order valence-corrected chi connectivity index (χ2v) is 5.34. The van der Waals surface area contributed by atoms with E-state index in [0.717, 1.165) is 4.47 Å². The largest absolute Gasteiger partial charge is 0.482 e. The highest BCUT2D eigenvalue weighted by Crippen LogP contribution is 2.19. The van der Waals surface area contributed by atoms with Gasteiger partial charge in [0.25, 0.3) is 0 Å². The monoisotopic (exact) mass is 363 g/mol. The van der Waals surface area contributed by atoms with Crippen molar-refractivity contribution in [1.82, 2.24) is 0 Å². The molecule has 0 radical (unpaired) electrons. The van der Waals surface area contributed by atoms with Gasteiger partial charge in [0.15, 0.2) is 6.61 Å². The minimum atomic E-state index is -0.528. The summed E-state index contributed by atoms with van der Waals surface area (Å²) in [6.07, 6.45) is 0. The number of esters is 1.